The molecule has 0 fully saturated rings. The Labute approximate surface area is 134 Å². The van der Waals surface area contributed by atoms with E-state index in [1.54, 1.807) is 36.5 Å². The van der Waals surface area contributed by atoms with Gasteiger partial charge in [-0.05, 0) is 35.8 Å². The first-order chi connectivity index (χ1) is 10.6. The van der Waals surface area contributed by atoms with Crippen LogP contribution in [0, 0.1) is 0 Å². The summed E-state index contributed by atoms with van der Waals surface area (Å²) in [7, 11) is 0. The summed E-state index contributed by atoms with van der Waals surface area (Å²) < 4.78 is 0. The maximum absolute atomic E-state index is 10.9. The Morgan fingerprint density at radius 1 is 1.27 bits per heavy atom. The van der Waals surface area contributed by atoms with E-state index in [-0.39, 0.29) is 5.56 Å². The number of aromatic carboxylic acids is 1. The number of rotatable bonds is 5. The summed E-state index contributed by atoms with van der Waals surface area (Å²) in [5.74, 6) is -0.943. The molecule has 2 N–H and O–H groups in total. The smallest absolute Gasteiger partial charge is 0.335 e. The van der Waals surface area contributed by atoms with E-state index >= 15 is 0 Å². The van der Waals surface area contributed by atoms with Crippen LogP contribution < -0.4 is 5.32 Å². The largest absolute Gasteiger partial charge is 0.478 e. The van der Waals surface area contributed by atoms with Crippen LogP contribution >= 0.6 is 11.6 Å². The van der Waals surface area contributed by atoms with E-state index in [1.165, 1.54) is 0 Å². The molecule has 0 radical (unpaired) electrons. The Morgan fingerprint density at radius 2 is 1.95 bits per heavy atom. The van der Waals surface area contributed by atoms with Crippen LogP contribution in [-0.2, 0) is 0 Å². The van der Waals surface area contributed by atoms with Crippen molar-refractivity contribution in [1.29, 1.82) is 0 Å². The molecule has 3 nitrogen and oxygen atoms in total. The summed E-state index contributed by atoms with van der Waals surface area (Å²) in [6.07, 6.45) is 12.1. The van der Waals surface area contributed by atoms with Crippen LogP contribution in [0.4, 0.5) is 0 Å². The summed E-state index contributed by atoms with van der Waals surface area (Å²) in [5.41, 5.74) is 2.77. The molecule has 0 saturated carbocycles. The van der Waals surface area contributed by atoms with Crippen molar-refractivity contribution in [2.75, 3.05) is 0 Å². The van der Waals surface area contributed by atoms with Crippen molar-refractivity contribution < 1.29 is 9.90 Å². The van der Waals surface area contributed by atoms with Gasteiger partial charge in [0.15, 0.2) is 0 Å². The van der Waals surface area contributed by atoms with E-state index in [0.717, 1.165) is 23.3 Å². The molecule has 112 valence electrons. The second-order valence-corrected chi connectivity index (χ2v) is 5.03. The van der Waals surface area contributed by atoms with E-state index in [1.807, 2.05) is 24.3 Å². The summed E-state index contributed by atoms with van der Waals surface area (Å²) in [6.45, 7) is 3.79. The van der Waals surface area contributed by atoms with E-state index in [0.29, 0.717) is 5.03 Å². The van der Waals surface area contributed by atoms with Crippen LogP contribution in [-0.4, -0.2) is 11.1 Å². The molecule has 1 aromatic rings. The van der Waals surface area contributed by atoms with Crippen molar-refractivity contribution >= 4 is 23.1 Å². The molecular formula is C18H16ClNO2. The van der Waals surface area contributed by atoms with Crippen molar-refractivity contribution in [2.24, 2.45) is 0 Å². The molecule has 0 bridgehead atoms. The number of hydrogen-bond donors (Lipinski definition) is 2. The predicted molar refractivity (Wildman–Crippen MR) is 90.5 cm³/mol. The third-order valence-electron chi connectivity index (χ3n) is 3.16. The van der Waals surface area contributed by atoms with E-state index in [9.17, 15) is 4.79 Å². The van der Waals surface area contributed by atoms with Crippen LogP contribution in [0.5, 0.6) is 0 Å². The number of nitrogens with one attached hydrogen (secondary N) is 1. The van der Waals surface area contributed by atoms with Crippen LogP contribution in [0.25, 0.3) is 5.57 Å². The zero-order valence-corrected chi connectivity index (χ0v) is 12.7. The van der Waals surface area contributed by atoms with Crippen molar-refractivity contribution in [3.63, 3.8) is 0 Å². The molecule has 0 aromatic heterocycles. The standard InChI is InChI=1S/C18H16ClNO2/c1-2-13(14-8-10-15(11-9-14)18(21)22)12-20-17-7-5-3-4-6-16(17)19/h2-3,5-12,20H,1,4H2,(H,21,22)/b13-12+. The molecule has 0 spiro atoms. The van der Waals surface area contributed by atoms with Gasteiger partial charge < -0.3 is 10.4 Å². The average Bonchev–Trinajstić information content (AvgIpc) is 2.73. The fourth-order valence-electron chi connectivity index (χ4n) is 1.94. The summed E-state index contributed by atoms with van der Waals surface area (Å²) in [5, 5.41) is 12.7. The Hall–Kier alpha value is -2.52. The lowest BCUT2D eigenvalue weighted by Gasteiger charge is -2.08. The van der Waals surface area contributed by atoms with Crippen LogP contribution in [0.15, 0.2) is 78.2 Å². The number of hydrogen-bond acceptors (Lipinski definition) is 2. The molecule has 2 rings (SSSR count). The van der Waals surface area contributed by atoms with Gasteiger partial charge in [0.1, 0.15) is 0 Å². The molecule has 0 heterocycles. The van der Waals surface area contributed by atoms with Gasteiger partial charge in [-0.3, -0.25) is 0 Å². The fraction of sp³-hybridized carbons (Fsp3) is 0.0556. The minimum absolute atomic E-state index is 0.253. The quantitative estimate of drug-likeness (QED) is 0.789. The van der Waals surface area contributed by atoms with Crippen molar-refractivity contribution in [3.8, 4) is 0 Å². The monoisotopic (exact) mass is 313 g/mol. The molecule has 0 aliphatic heterocycles. The highest BCUT2D eigenvalue weighted by Gasteiger charge is 2.05. The van der Waals surface area contributed by atoms with Gasteiger partial charge >= 0.3 is 5.97 Å². The zero-order chi connectivity index (χ0) is 15.9. The Morgan fingerprint density at radius 3 is 2.59 bits per heavy atom. The highest BCUT2D eigenvalue weighted by atomic mass is 35.5. The minimum atomic E-state index is -0.943. The second kappa shape index (κ2) is 7.48. The molecule has 22 heavy (non-hydrogen) atoms. The van der Waals surface area contributed by atoms with E-state index in [2.05, 4.69) is 11.9 Å². The lowest BCUT2D eigenvalue weighted by molar-refractivity contribution is 0.0697. The summed E-state index contributed by atoms with van der Waals surface area (Å²) >= 11 is 6.19. The first kappa shape index (κ1) is 15.9. The molecule has 4 heteroatoms. The lowest BCUT2D eigenvalue weighted by atomic mass is 10.0. The highest BCUT2D eigenvalue weighted by molar-refractivity contribution is 6.32. The van der Waals surface area contributed by atoms with Crippen molar-refractivity contribution in [2.45, 2.75) is 6.42 Å². The average molecular weight is 314 g/mol. The third-order valence-corrected chi connectivity index (χ3v) is 3.52. The van der Waals surface area contributed by atoms with Gasteiger partial charge in [-0.25, -0.2) is 4.79 Å². The Balaban J connectivity index is 2.20. The van der Waals surface area contributed by atoms with E-state index < -0.39 is 5.97 Å². The molecule has 0 unspecified atom stereocenters. The molecule has 1 aliphatic rings. The second-order valence-electron chi connectivity index (χ2n) is 4.63. The van der Waals surface area contributed by atoms with Crippen molar-refractivity contribution in [1.82, 2.24) is 5.32 Å². The van der Waals surface area contributed by atoms with Gasteiger partial charge in [-0.1, -0.05) is 54.6 Å². The lowest BCUT2D eigenvalue weighted by Crippen LogP contribution is -2.06. The number of halogens is 1. The zero-order valence-electron chi connectivity index (χ0n) is 11.9. The molecular weight excluding hydrogens is 298 g/mol. The van der Waals surface area contributed by atoms with Gasteiger partial charge in [0.05, 0.1) is 16.3 Å². The molecule has 0 amide bonds. The maximum atomic E-state index is 10.9. The topological polar surface area (TPSA) is 49.3 Å². The van der Waals surface area contributed by atoms with Gasteiger partial charge in [0.2, 0.25) is 0 Å². The normalized spacial score (nSPS) is 14.7. The summed E-state index contributed by atoms with van der Waals surface area (Å²) in [6, 6.07) is 6.63. The molecule has 0 saturated heterocycles. The van der Waals surface area contributed by atoms with Crippen LogP contribution in [0.2, 0.25) is 0 Å². The molecule has 1 aromatic carbocycles. The first-order valence-corrected chi connectivity index (χ1v) is 7.15. The Kier molecular flexibility index (Phi) is 5.39. The number of carboxylic acids is 1. The highest BCUT2D eigenvalue weighted by Crippen LogP contribution is 2.19. The first-order valence-electron chi connectivity index (χ1n) is 6.77. The number of benzene rings is 1. The van der Waals surface area contributed by atoms with Gasteiger partial charge in [0.25, 0.3) is 0 Å². The minimum Gasteiger partial charge on any atom is -0.478 e. The van der Waals surface area contributed by atoms with Gasteiger partial charge in [-0.15, -0.1) is 0 Å². The number of allylic oxidation sites excluding steroid dienone is 7. The van der Waals surface area contributed by atoms with Gasteiger partial charge in [0, 0.05) is 6.20 Å². The van der Waals surface area contributed by atoms with Crippen LogP contribution in [0.3, 0.4) is 0 Å². The Bertz CT molecular complexity index is 694. The summed E-state index contributed by atoms with van der Waals surface area (Å²) in [4.78, 5) is 10.9. The number of carboxylic acid groups (broad SMARTS) is 1. The predicted octanol–water partition coefficient (Wildman–Crippen LogP) is 4.47. The van der Waals surface area contributed by atoms with Crippen molar-refractivity contribution in [3.05, 3.63) is 89.3 Å². The van der Waals surface area contributed by atoms with E-state index in [4.69, 9.17) is 16.7 Å². The fourth-order valence-corrected chi connectivity index (χ4v) is 2.15. The van der Waals surface area contributed by atoms with Gasteiger partial charge in [-0.2, -0.15) is 0 Å². The SMILES string of the molecule is C=C/C(=C\NC1=CC=CCC=C1Cl)c1ccc(C(=O)O)cc1. The third kappa shape index (κ3) is 3.99. The molecule has 1 aliphatic carbocycles. The van der Waals surface area contributed by atoms with Crippen LogP contribution in [0.1, 0.15) is 22.3 Å². The maximum Gasteiger partial charge on any atom is 0.335 e. The molecule has 0 atom stereocenters. The number of carbonyl (C=O) groups is 1.